The maximum Gasteiger partial charge on any atom is 0.257 e. The van der Waals surface area contributed by atoms with Gasteiger partial charge in [-0.2, -0.15) is 0 Å². The maximum absolute atomic E-state index is 14.0. The lowest BCUT2D eigenvalue weighted by Gasteiger charge is -2.48. The summed E-state index contributed by atoms with van der Waals surface area (Å²) in [5, 5.41) is 2.44. The molecule has 2 bridgehead atoms. The quantitative estimate of drug-likeness (QED) is 0.615. The van der Waals surface area contributed by atoms with E-state index in [0.717, 1.165) is 48.5 Å². The van der Waals surface area contributed by atoms with Crippen LogP contribution < -0.4 is 10.7 Å². The number of pyridine rings is 1. The highest BCUT2D eigenvalue weighted by atomic mass is 19.1. The summed E-state index contributed by atoms with van der Waals surface area (Å²) in [6.45, 7) is 9.58. The highest BCUT2D eigenvalue weighted by Crippen LogP contribution is 2.55. The number of amides is 1. The van der Waals surface area contributed by atoms with Crippen molar-refractivity contribution >= 4 is 11.6 Å². The Morgan fingerprint density at radius 2 is 1.92 bits per heavy atom. The molecule has 1 aromatic heterocycles. The molecule has 8 heteroatoms. The van der Waals surface area contributed by atoms with E-state index in [2.05, 4.69) is 23.7 Å². The van der Waals surface area contributed by atoms with Crippen LogP contribution in [0.1, 0.15) is 66.2 Å². The average Bonchev–Trinajstić information content (AvgIpc) is 3.43. The Bertz CT molecular complexity index is 1360. The number of hydrogen-bond acceptors (Lipinski definition) is 3. The number of rotatable bonds is 5. The van der Waals surface area contributed by atoms with E-state index in [-0.39, 0.29) is 11.1 Å². The Labute approximate surface area is 214 Å². The molecule has 3 fully saturated rings. The molecule has 2 aromatic rings. The van der Waals surface area contributed by atoms with Crippen LogP contribution in [0.4, 0.5) is 13.2 Å². The number of nitrogens with zero attached hydrogens (tertiary/aromatic N) is 2. The van der Waals surface area contributed by atoms with Crippen LogP contribution in [0.25, 0.3) is 5.70 Å². The first kappa shape index (κ1) is 24.3. The smallest absolute Gasteiger partial charge is 0.257 e. The molecule has 196 valence electrons. The van der Waals surface area contributed by atoms with Crippen LogP contribution >= 0.6 is 0 Å². The zero-order valence-corrected chi connectivity index (χ0v) is 21.3. The minimum absolute atomic E-state index is 0.0595. The third kappa shape index (κ3) is 3.91. The van der Waals surface area contributed by atoms with Gasteiger partial charge in [0.1, 0.15) is 23.0 Å². The Hall–Kier alpha value is -3.03. The van der Waals surface area contributed by atoms with Gasteiger partial charge in [0.25, 0.3) is 5.91 Å². The van der Waals surface area contributed by atoms with Gasteiger partial charge in [-0.15, -0.1) is 0 Å². The van der Waals surface area contributed by atoms with Crippen molar-refractivity contribution in [1.29, 1.82) is 0 Å². The molecule has 1 N–H and O–H groups in total. The Morgan fingerprint density at radius 3 is 2.59 bits per heavy atom. The van der Waals surface area contributed by atoms with Crippen molar-refractivity contribution in [2.75, 3.05) is 6.54 Å². The van der Waals surface area contributed by atoms with Crippen LogP contribution in [-0.4, -0.2) is 27.5 Å². The number of carbonyl (C=O) groups is 1. The molecule has 6 rings (SSSR count). The van der Waals surface area contributed by atoms with Crippen LogP contribution in [0.15, 0.2) is 29.7 Å². The summed E-state index contributed by atoms with van der Waals surface area (Å²) >= 11 is 0. The summed E-state index contributed by atoms with van der Waals surface area (Å²) in [6.07, 6.45) is 7.57. The van der Waals surface area contributed by atoms with Crippen molar-refractivity contribution in [2.45, 2.75) is 64.6 Å². The summed E-state index contributed by atoms with van der Waals surface area (Å²) in [4.78, 5) is 28.6. The third-order valence-electron chi connectivity index (χ3n) is 9.51. The molecule has 3 unspecified atom stereocenters. The van der Waals surface area contributed by atoms with Gasteiger partial charge in [0.15, 0.2) is 5.43 Å². The lowest BCUT2D eigenvalue weighted by Crippen LogP contribution is -2.51. The predicted octanol–water partition coefficient (Wildman–Crippen LogP) is 5.01. The van der Waals surface area contributed by atoms with Crippen molar-refractivity contribution in [1.82, 2.24) is 14.8 Å². The first-order chi connectivity index (χ1) is 17.6. The lowest BCUT2D eigenvalue weighted by molar-refractivity contribution is 0.0945. The third-order valence-corrected chi connectivity index (χ3v) is 9.51. The normalized spacial score (nSPS) is 29.6. The van der Waals surface area contributed by atoms with Gasteiger partial charge < -0.3 is 14.8 Å². The first-order valence-corrected chi connectivity index (χ1v) is 13.2. The minimum Gasteiger partial charge on any atom is -0.363 e. The van der Waals surface area contributed by atoms with Crippen LogP contribution in [0.3, 0.4) is 0 Å². The number of nitrogens with one attached hydrogen (secondary N) is 1. The van der Waals surface area contributed by atoms with Crippen molar-refractivity contribution in [3.05, 3.63) is 75.0 Å². The monoisotopic (exact) mass is 511 g/mol. The number of fused-ring (bicyclic) bond motifs is 2. The van der Waals surface area contributed by atoms with Crippen LogP contribution in [0.2, 0.25) is 0 Å². The first-order valence-electron chi connectivity index (χ1n) is 13.2. The van der Waals surface area contributed by atoms with E-state index in [1.807, 2.05) is 4.57 Å². The highest BCUT2D eigenvalue weighted by Gasteiger charge is 2.55. The van der Waals surface area contributed by atoms with Crippen LogP contribution in [0, 0.1) is 48.0 Å². The molecule has 5 atom stereocenters. The largest absolute Gasteiger partial charge is 0.363 e. The summed E-state index contributed by atoms with van der Waals surface area (Å²) < 4.78 is 43.3. The maximum atomic E-state index is 14.0. The summed E-state index contributed by atoms with van der Waals surface area (Å²) in [7, 11) is 0. The fraction of sp³-hybridized carbons (Fsp3) is 0.517. The number of hydrogen-bond donors (Lipinski definition) is 1. The molecule has 0 radical (unpaired) electrons. The molecule has 1 spiro atoms. The van der Waals surface area contributed by atoms with Gasteiger partial charge in [0.2, 0.25) is 0 Å². The molecule has 2 aliphatic carbocycles. The molecule has 1 aromatic carbocycles. The zero-order chi connectivity index (χ0) is 26.2. The SMILES string of the molecule is C=C1c2c(C)c(=O)c(C(=O)NCc3c(F)cc(F)cc3F)cn2C[C@@]23CCC(CC4CC4C)[C@@H](CN12)C3. The Morgan fingerprint density at radius 1 is 1.22 bits per heavy atom. The van der Waals surface area contributed by atoms with E-state index in [0.29, 0.717) is 30.2 Å². The second kappa shape index (κ2) is 8.50. The fourth-order valence-corrected chi connectivity index (χ4v) is 7.31. The van der Waals surface area contributed by atoms with Crippen molar-refractivity contribution < 1.29 is 18.0 Å². The van der Waals surface area contributed by atoms with Gasteiger partial charge in [-0.3, -0.25) is 9.59 Å². The predicted molar refractivity (Wildman–Crippen MR) is 134 cm³/mol. The molecular weight excluding hydrogens is 479 g/mol. The topological polar surface area (TPSA) is 54.3 Å². The Balaban J connectivity index is 1.25. The van der Waals surface area contributed by atoms with E-state index in [9.17, 15) is 22.8 Å². The zero-order valence-electron chi connectivity index (χ0n) is 21.3. The van der Waals surface area contributed by atoms with Crippen molar-refractivity contribution in [3.8, 4) is 0 Å². The second-order valence-electron chi connectivity index (χ2n) is 11.8. The number of aromatic nitrogens is 1. The van der Waals surface area contributed by atoms with Crippen molar-refractivity contribution in [2.24, 2.45) is 23.7 Å². The van der Waals surface area contributed by atoms with Gasteiger partial charge in [-0.25, -0.2) is 13.2 Å². The number of benzene rings is 1. The molecule has 1 amide bonds. The standard InChI is InChI=1S/C29H32F3N3O2/c1-15-6-19(15)7-18-4-5-29-10-20(18)12-35(29)17(3)26-16(2)27(36)23(13-34(26)14-29)28(37)33-11-22-24(31)8-21(30)9-25(22)32/h8-9,13,15,18-20H,3-7,10-12,14H2,1-2H3,(H,33,37)/t15?,18?,19?,20-,29+/m1/s1. The molecular formula is C29H32F3N3O2. The van der Waals surface area contributed by atoms with E-state index >= 15 is 0 Å². The lowest BCUT2D eigenvalue weighted by atomic mass is 9.71. The molecule has 3 heterocycles. The van der Waals surface area contributed by atoms with E-state index < -0.39 is 40.9 Å². The van der Waals surface area contributed by atoms with E-state index in [1.165, 1.54) is 19.3 Å². The molecule has 1 saturated heterocycles. The fourth-order valence-electron chi connectivity index (χ4n) is 7.31. The van der Waals surface area contributed by atoms with Crippen molar-refractivity contribution in [3.63, 3.8) is 0 Å². The Kier molecular flexibility index (Phi) is 5.58. The second-order valence-corrected chi connectivity index (χ2v) is 11.8. The molecule has 5 nitrogen and oxygen atoms in total. The molecule has 2 aliphatic heterocycles. The summed E-state index contributed by atoms with van der Waals surface area (Å²) in [5.74, 6) is -0.858. The molecule has 37 heavy (non-hydrogen) atoms. The molecule has 4 aliphatic rings. The highest BCUT2D eigenvalue weighted by molar-refractivity contribution is 5.94. The van der Waals surface area contributed by atoms with Gasteiger partial charge in [-0.1, -0.05) is 13.5 Å². The summed E-state index contributed by atoms with van der Waals surface area (Å²) in [5.41, 5.74) is 1.01. The van der Waals surface area contributed by atoms with Crippen LogP contribution in [0.5, 0.6) is 0 Å². The number of halogens is 3. The van der Waals surface area contributed by atoms with Gasteiger partial charge in [0, 0.05) is 49.1 Å². The van der Waals surface area contributed by atoms with Gasteiger partial charge >= 0.3 is 0 Å². The van der Waals surface area contributed by atoms with Crippen LogP contribution in [-0.2, 0) is 13.1 Å². The minimum atomic E-state index is -1.09. The van der Waals surface area contributed by atoms with Gasteiger partial charge in [0.05, 0.1) is 16.9 Å². The number of carbonyl (C=O) groups excluding carboxylic acids is 1. The van der Waals surface area contributed by atoms with E-state index in [1.54, 1.807) is 13.1 Å². The molecule has 2 saturated carbocycles. The van der Waals surface area contributed by atoms with E-state index in [4.69, 9.17) is 0 Å². The average molecular weight is 512 g/mol. The summed E-state index contributed by atoms with van der Waals surface area (Å²) in [6, 6.07) is 1.13. The van der Waals surface area contributed by atoms with Gasteiger partial charge in [-0.05, 0) is 62.7 Å².